The van der Waals surface area contributed by atoms with Gasteiger partial charge in [-0.3, -0.25) is 0 Å². The minimum Gasteiger partial charge on any atom is -0.463 e. The Balaban J connectivity index is 2.05. The molecule has 0 amide bonds. The Morgan fingerprint density at radius 1 is 1.00 bits per heavy atom. The molecule has 0 aliphatic heterocycles. The summed E-state index contributed by atoms with van der Waals surface area (Å²) in [5, 5.41) is 3.56. The quantitative estimate of drug-likeness (QED) is 0.441. The molecule has 0 bridgehead atoms. The molecular weight excluding hydrogens is 324 g/mol. The Morgan fingerprint density at radius 3 is 2.42 bits per heavy atom. The maximum Gasteiger partial charge on any atom is 0.373 e. The fraction of sp³-hybridized carbons (Fsp3) is 0.0500. The van der Waals surface area contributed by atoms with Crippen molar-refractivity contribution < 1.29 is 13.9 Å². The highest BCUT2D eigenvalue weighted by atomic mass is 35.5. The molecule has 3 nitrogen and oxygen atoms in total. The van der Waals surface area contributed by atoms with Crippen molar-refractivity contribution in [1.29, 1.82) is 0 Å². The summed E-state index contributed by atoms with van der Waals surface area (Å²) < 4.78 is 10.5. The summed E-state index contributed by atoms with van der Waals surface area (Å²) in [6, 6.07) is 19.4. The Bertz CT molecular complexity index is 1060. The minimum absolute atomic E-state index is 0.200. The van der Waals surface area contributed by atoms with E-state index < -0.39 is 5.97 Å². The molecule has 0 unspecified atom stereocenters. The predicted octanol–water partition coefficient (Wildman–Crippen LogP) is 5.69. The van der Waals surface area contributed by atoms with E-state index in [0.29, 0.717) is 10.6 Å². The summed E-state index contributed by atoms with van der Waals surface area (Å²) in [5.74, 6) is -0.283. The van der Waals surface area contributed by atoms with E-state index in [4.69, 9.17) is 20.8 Å². The number of benzene rings is 3. The van der Waals surface area contributed by atoms with Gasteiger partial charge in [0.05, 0.1) is 7.11 Å². The summed E-state index contributed by atoms with van der Waals surface area (Å²) in [4.78, 5) is 11.8. The number of esters is 1. The second-order valence-electron chi connectivity index (χ2n) is 5.50. The molecule has 1 heterocycles. The maximum atomic E-state index is 11.8. The number of carbonyl (C=O) groups excluding carboxylic acids is 1. The second-order valence-corrected chi connectivity index (χ2v) is 5.93. The van der Waals surface area contributed by atoms with Gasteiger partial charge in [0.25, 0.3) is 0 Å². The number of methoxy groups -OCH3 is 1. The average Bonchev–Trinajstić information content (AvgIpc) is 3.05. The third kappa shape index (κ3) is 2.34. The third-order valence-corrected chi connectivity index (χ3v) is 4.32. The standard InChI is InChI=1S/C20H13ClO3/c1-23-20(22)18-11-13-10-17(12-6-8-14(21)9-7-12)15-4-2-3-5-16(15)19(13)24-18/h2-11H,1H3. The first-order valence-electron chi connectivity index (χ1n) is 7.47. The highest BCUT2D eigenvalue weighted by molar-refractivity contribution is 6.30. The Kier molecular flexibility index (Phi) is 3.51. The van der Waals surface area contributed by atoms with Crippen LogP contribution >= 0.6 is 11.6 Å². The van der Waals surface area contributed by atoms with E-state index in [1.54, 1.807) is 6.07 Å². The summed E-state index contributed by atoms with van der Waals surface area (Å²) in [6.45, 7) is 0. The molecule has 4 heteroatoms. The van der Waals surface area contributed by atoms with Crippen molar-refractivity contribution in [3.05, 3.63) is 71.4 Å². The van der Waals surface area contributed by atoms with E-state index in [0.717, 1.165) is 27.3 Å². The zero-order chi connectivity index (χ0) is 16.7. The highest BCUT2D eigenvalue weighted by Gasteiger charge is 2.16. The van der Waals surface area contributed by atoms with Gasteiger partial charge < -0.3 is 9.15 Å². The van der Waals surface area contributed by atoms with E-state index >= 15 is 0 Å². The lowest BCUT2D eigenvalue weighted by atomic mass is 9.96. The fourth-order valence-electron chi connectivity index (χ4n) is 2.94. The van der Waals surface area contributed by atoms with Crippen LogP contribution in [0.2, 0.25) is 5.02 Å². The first kappa shape index (κ1) is 14.8. The van der Waals surface area contributed by atoms with Crippen LogP contribution in [0.15, 0.2) is 65.1 Å². The van der Waals surface area contributed by atoms with Crippen molar-refractivity contribution in [3.8, 4) is 11.1 Å². The molecule has 4 aromatic rings. The lowest BCUT2D eigenvalue weighted by Crippen LogP contribution is -1.97. The molecule has 0 N–H and O–H groups in total. The lowest BCUT2D eigenvalue weighted by molar-refractivity contribution is 0.0568. The lowest BCUT2D eigenvalue weighted by Gasteiger charge is -2.08. The van der Waals surface area contributed by atoms with E-state index in [9.17, 15) is 4.79 Å². The molecule has 0 aliphatic rings. The summed E-state index contributed by atoms with van der Waals surface area (Å²) in [5.41, 5.74) is 2.80. The van der Waals surface area contributed by atoms with Gasteiger partial charge in [0, 0.05) is 15.8 Å². The van der Waals surface area contributed by atoms with Crippen molar-refractivity contribution >= 4 is 39.3 Å². The van der Waals surface area contributed by atoms with E-state index in [1.807, 2.05) is 54.6 Å². The summed E-state index contributed by atoms with van der Waals surface area (Å²) in [7, 11) is 1.34. The van der Waals surface area contributed by atoms with Crippen LogP contribution in [0, 0.1) is 0 Å². The van der Waals surface area contributed by atoms with E-state index in [1.165, 1.54) is 7.11 Å². The number of ether oxygens (including phenoxy) is 1. The van der Waals surface area contributed by atoms with Gasteiger partial charge in [-0.1, -0.05) is 48.0 Å². The largest absolute Gasteiger partial charge is 0.463 e. The number of carbonyl (C=O) groups is 1. The second kappa shape index (κ2) is 5.69. The Labute approximate surface area is 143 Å². The van der Waals surface area contributed by atoms with Crippen LogP contribution in [0.4, 0.5) is 0 Å². The number of hydrogen-bond acceptors (Lipinski definition) is 3. The third-order valence-electron chi connectivity index (χ3n) is 4.06. The van der Waals surface area contributed by atoms with Crippen molar-refractivity contribution in [2.75, 3.05) is 7.11 Å². The SMILES string of the molecule is COC(=O)c1cc2cc(-c3ccc(Cl)cc3)c3ccccc3c2o1. The van der Waals surface area contributed by atoms with Crippen LogP contribution < -0.4 is 0 Å². The minimum atomic E-state index is -0.483. The molecule has 24 heavy (non-hydrogen) atoms. The van der Waals surface area contributed by atoms with E-state index in [2.05, 4.69) is 0 Å². The van der Waals surface area contributed by atoms with E-state index in [-0.39, 0.29) is 5.76 Å². The van der Waals surface area contributed by atoms with Gasteiger partial charge in [-0.05, 0) is 40.8 Å². The number of halogens is 1. The highest BCUT2D eigenvalue weighted by Crippen LogP contribution is 2.36. The number of rotatable bonds is 2. The van der Waals surface area contributed by atoms with Crippen LogP contribution in [0.1, 0.15) is 10.6 Å². The van der Waals surface area contributed by atoms with Crippen LogP contribution in [0.5, 0.6) is 0 Å². The summed E-state index contributed by atoms with van der Waals surface area (Å²) in [6.07, 6.45) is 0. The molecule has 0 aliphatic carbocycles. The number of hydrogen-bond donors (Lipinski definition) is 0. The first-order chi connectivity index (χ1) is 11.7. The Morgan fingerprint density at radius 2 is 1.71 bits per heavy atom. The van der Waals surface area contributed by atoms with Crippen molar-refractivity contribution in [2.24, 2.45) is 0 Å². The van der Waals surface area contributed by atoms with Crippen LogP contribution in [-0.2, 0) is 4.74 Å². The van der Waals surface area contributed by atoms with Gasteiger partial charge in [-0.2, -0.15) is 0 Å². The molecule has 4 rings (SSSR count). The van der Waals surface area contributed by atoms with Crippen LogP contribution in [0.3, 0.4) is 0 Å². The number of fused-ring (bicyclic) bond motifs is 3. The zero-order valence-corrected chi connectivity index (χ0v) is 13.6. The average molecular weight is 337 g/mol. The topological polar surface area (TPSA) is 39.4 Å². The smallest absolute Gasteiger partial charge is 0.373 e. The van der Waals surface area contributed by atoms with Crippen molar-refractivity contribution in [1.82, 2.24) is 0 Å². The van der Waals surface area contributed by atoms with Crippen LogP contribution in [-0.4, -0.2) is 13.1 Å². The van der Waals surface area contributed by atoms with Crippen LogP contribution in [0.25, 0.3) is 32.9 Å². The molecular formula is C20H13ClO3. The van der Waals surface area contributed by atoms with Crippen molar-refractivity contribution in [3.63, 3.8) is 0 Å². The molecule has 0 saturated heterocycles. The van der Waals surface area contributed by atoms with Crippen molar-refractivity contribution in [2.45, 2.75) is 0 Å². The van der Waals surface area contributed by atoms with Gasteiger partial charge in [-0.15, -0.1) is 0 Å². The normalized spacial score (nSPS) is 11.1. The fourth-order valence-corrected chi connectivity index (χ4v) is 3.07. The van der Waals surface area contributed by atoms with Gasteiger partial charge >= 0.3 is 5.97 Å². The Hall–Kier alpha value is -2.78. The zero-order valence-electron chi connectivity index (χ0n) is 12.9. The molecule has 0 radical (unpaired) electrons. The molecule has 1 aromatic heterocycles. The molecule has 0 spiro atoms. The molecule has 0 atom stereocenters. The monoisotopic (exact) mass is 336 g/mol. The molecule has 3 aromatic carbocycles. The van der Waals surface area contributed by atoms with Gasteiger partial charge in [0.1, 0.15) is 5.58 Å². The van der Waals surface area contributed by atoms with Gasteiger partial charge in [-0.25, -0.2) is 4.79 Å². The summed E-state index contributed by atoms with van der Waals surface area (Å²) >= 11 is 6.00. The first-order valence-corrected chi connectivity index (χ1v) is 7.85. The van der Waals surface area contributed by atoms with Gasteiger partial charge in [0.2, 0.25) is 5.76 Å². The maximum absolute atomic E-state index is 11.8. The molecule has 0 fully saturated rings. The predicted molar refractivity (Wildman–Crippen MR) is 95.5 cm³/mol. The van der Waals surface area contributed by atoms with Gasteiger partial charge in [0.15, 0.2) is 0 Å². The molecule has 118 valence electrons. The molecule has 0 saturated carbocycles. The number of furan rings is 1.